The van der Waals surface area contributed by atoms with Gasteiger partial charge in [-0.25, -0.2) is 0 Å². The fourth-order valence-corrected chi connectivity index (χ4v) is 8.85. The zero-order valence-corrected chi connectivity index (χ0v) is 31.0. The minimum Gasteiger partial charge on any atom is -0.309 e. The van der Waals surface area contributed by atoms with Gasteiger partial charge in [0.1, 0.15) is 0 Å². The van der Waals surface area contributed by atoms with Crippen molar-refractivity contribution in [1.82, 2.24) is 13.7 Å². The highest BCUT2D eigenvalue weighted by Crippen LogP contribution is 2.40. The van der Waals surface area contributed by atoms with Gasteiger partial charge in [0.15, 0.2) is 0 Å². The summed E-state index contributed by atoms with van der Waals surface area (Å²) in [5.74, 6) is 0. The third kappa shape index (κ3) is 5.05. The fraction of sp³-hybridized carbons (Fsp3) is 0.0189. The first kappa shape index (κ1) is 32.1. The minimum atomic E-state index is 1.12. The number of nitrogens with zero attached hydrogens (tertiary/aromatic N) is 3. The van der Waals surface area contributed by atoms with Crippen LogP contribution in [-0.2, 0) is 0 Å². The Labute approximate surface area is 325 Å². The van der Waals surface area contributed by atoms with E-state index in [2.05, 4.69) is 227 Å². The maximum atomic E-state index is 2.44. The van der Waals surface area contributed by atoms with E-state index in [4.69, 9.17) is 0 Å². The summed E-state index contributed by atoms with van der Waals surface area (Å²) < 4.78 is 7.30. The van der Waals surface area contributed by atoms with E-state index < -0.39 is 0 Å². The summed E-state index contributed by atoms with van der Waals surface area (Å²) in [6, 6.07) is 75.1. The Morgan fingerprint density at radius 1 is 0.286 bits per heavy atom. The average Bonchev–Trinajstić information content (AvgIpc) is 3.95. The second-order valence-corrected chi connectivity index (χ2v) is 14.6. The molecule has 0 bridgehead atoms. The molecule has 0 amide bonds. The van der Waals surface area contributed by atoms with Gasteiger partial charge >= 0.3 is 0 Å². The normalized spacial score (nSPS) is 11.7. The number of hydrogen-bond donors (Lipinski definition) is 0. The van der Waals surface area contributed by atoms with Crippen LogP contribution in [0, 0.1) is 6.92 Å². The molecule has 11 aromatic rings. The molecule has 3 heterocycles. The molecule has 0 aliphatic carbocycles. The molecule has 0 spiro atoms. The van der Waals surface area contributed by atoms with Crippen LogP contribution in [0.15, 0.2) is 206 Å². The highest BCUT2D eigenvalue weighted by Gasteiger charge is 2.19. The quantitative estimate of drug-likeness (QED) is 0.163. The van der Waals surface area contributed by atoms with Crippen LogP contribution in [-0.4, -0.2) is 13.7 Å². The Morgan fingerprint density at radius 3 is 1.11 bits per heavy atom. The van der Waals surface area contributed by atoms with Crippen molar-refractivity contribution in [3.8, 4) is 50.7 Å². The van der Waals surface area contributed by atoms with Crippen molar-refractivity contribution in [2.24, 2.45) is 0 Å². The molecule has 0 saturated carbocycles. The second kappa shape index (κ2) is 12.9. The third-order valence-corrected chi connectivity index (χ3v) is 11.4. The molecule has 0 unspecified atom stereocenters. The van der Waals surface area contributed by atoms with Crippen LogP contribution in [0.5, 0.6) is 0 Å². The Kier molecular flexibility index (Phi) is 7.39. The Hall–Kier alpha value is -7.36. The lowest BCUT2D eigenvalue weighted by atomic mass is 9.98. The topological polar surface area (TPSA) is 14.8 Å². The molecule has 56 heavy (non-hydrogen) atoms. The Bertz CT molecular complexity index is 2950. The van der Waals surface area contributed by atoms with Crippen molar-refractivity contribution >= 4 is 43.6 Å². The number of rotatable bonds is 6. The first-order chi connectivity index (χ1) is 27.7. The summed E-state index contributed by atoms with van der Waals surface area (Å²) in [6.45, 7) is 2.23. The summed E-state index contributed by atoms with van der Waals surface area (Å²) in [5.41, 5.74) is 16.4. The molecule has 0 saturated heterocycles. The summed E-state index contributed by atoms with van der Waals surface area (Å²) in [6.07, 6.45) is 0. The molecule has 11 rings (SSSR count). The minimum absolute atomic E-state index is 1.12. The maximum Gasteiger partial charge on any atom is 0.0541 e. The third-order valence-electron chi connectivity index (χ3n) is 11.4. The fourth-order valence-electron chi connectivity index (χ4n) is 8.85. The van der Waals surface area contributed by atoms with E-state index in [9.17, 15) is 0 Å². The highest BCUT2D eigenvalue weighted by atomic mass is 15.0. The predicted molar refractivity (Wildman–Crippen MR) is 235 cm³/mol. The van der Waals surface area contributed by atoms with Gasteiger partial charge in [-0.1, -0.05) is 140 Å². The lowest BCUT2D eigenvalue weighted by Crippen LogP contribution is -2.02. The molecule has 3 heteroatoms. The van der Waals surface area contributed by atoms with E-state index >= 15 is 0 Å². The second-order valence-electron chi connectivity index (χ2n) is 14.6. The SMILES string of the molecule is Cc1ccc(-n2c(-c3ccccc3)ccc2-c2ccccc2)cc1-c1cc(-n2c3ccccc3c3ccccc32)cc(-n2c3ccccc3c3ccccc32)c1. The van der Waals surface area contributed by atoms with E-state index in [1.54, 1.807) is 0 Å². The summed E-state index contributed by atoms with van der Waals surface area (Å²) in [5, 5.41) is 5.00. The molecule has 0 atom stereocenters. The van der Waals surface area contributed by atoms with Gasteiger partial charge in [0.05, 0.1) is 33.5 Å². The van der Waals surface area contributed by atoms with Crippen LogP contribution in [0.2, 0.25) is 0 Å². The van der Waals surface area contributed by atoms with E-state index in [-0.39, 0.29) is 0 Å². The summed E-state index contributed by atoms with van der Waals surface area (Å²) in [4.78, 5) is 0. The number of aromatic nitrogens is 3. The zero-order valence-electron chi connectivity index (χ0n) is 31.0. The van der Waals surface area contributed by atoms with Crippen molar-refractivity contribution < 1.29 is 0 Å². The molecular formula is C53H37N3. The first-order valence-electron chi connectivity index (χ1n) is 19.3. The number of fused-ring (bicyclic) bond motifs is 6. The molecule has 0 fully saturated rings. The van der Waals surface area contributed by atoms with Gasteiger partial charge in [-0.05, 0) is 101 Å². The number of para-hydroxylation sites is 4. The van der Waals surface area contributed by atoms with Crippen LogP contribution in [0.3, 0.4) is 0 Å². The Balaban J connectivity index is 1.20. The number of benzene rings is 8. The molecule has 3 aromatic heterocycles. The molecule has 0 N–H and O–H groups in total. The van der Waals surface area contributed by atoms with Crippen molar-refractivity contribution in [1.29, 1.82) is 0 Å². The van der Waals surface area contributed by atoms with Crippen LogP contribution >= 0.6 is 0 Å². The van der Waals surface area contributed by atoms with Crippen LogP contribution in [0.1, 0.15) is 5.56 Å². The van der Waals surface area contributed by atoms with Crippen molar-refractivity contribution in [2.45, 2.75) is 6.92 Å². The van der Waals surface area contributed by atoms with E-state index in [1.165, 1.54) is 65.9 Å². The van der Waals surface area contributed by atoms with Crippen LogP contribution < -0.4 is 0 Å². The molecule has 8 aromatic carbocycles. The maximum absolute atomic E-state index is 2.44. The van der Waals surface area contributed by atoms with Gasteiger partial charge in [-0.15, -0.1) is 0 Å². The number of aryl methyl sites for hydroxylation is 1. The summed E-state index contributed by atoms with van der Waals surface area (Å²) in [7, 11) is 0. The first-order valence-corrected chi connectivity index (χ1v) is 19.3. The molecule has 0 aliphatic heterocycles. The van der Waals surface area contributed by atoms with E-state index in [1.807, 2.05) is 0 Å². The molecule has 0 aliphatic rings. The smallest absolute Gasteiger partial charge is 0.0541 e. The Morgan fingerprint density at radius 2 is 0.679 bits per heavy atom. The molecule has 3 nitrogen and oxygen atoms in total. The van der Waals surface area contributed by atoms with E-state index in [0.717, 1.165) is 34.0 Å². The van der Waals surface area contributed by atoms with Crippen molar-refractivity contribution in [2.75, 3.05) is 0 Å². The van der Waals surface area contributed by atoms with Gasteiger partial charge in [0, 0.05) is 38.6 Å². The van der Waals surface area contributed by atoms with Crippen LogP contribution in [0.25, 0.3) is 94.3 Å². The summed E-state index contributed by atoms with van der Waals surface area (Å²) >= 11 is 0. The van der Waals surface area contributed by atoms with Gasteiger partial charge < -0.3 is 13.7 Å². The van der Waals surface area contributed by atoms with Crippen molar-refractivity contribution in [3.05, 3.63) is 212 Å². The average molecular weight is 716 g/mol. The predicted octanol–water partition coefficient (Wildman–Crippen LogP) is 14.0. The number of hydrogen-bond acceptors (Lipinski definition) is 0. The van der Waals surface area contributed by atoms with Gasteiger partial charge in [0.2, 0.25) is 0 Å². The zero-order chi connectivity index (χ0) is 37.2. The lowest BCUT2D eigenvalue weighted by molar-refractivity contribution is 1.09. The van der Waals surface area contributed by atoms with Gasteiger partial charge in [0.25, 0.3) is 0 Å². The van der Waals surface area contributed by atoms with Gasteiger partial charge in [-0.3, -0.25) is 0 Å². The van der Waals surface area contributed by atoms with E-state index in [0.29, 0.717) is 0 Å². The van der Waals surface area contributed by atoms with Gasteiger partial charge in [-0.2, -0.15) is 0 Å². The largest absolute Gasteiger partial charge is 0.309 e. The monoisotopic (exact) mass is 715 g/mol. The lowest BCUT2D eigenvalue weighted by Gasteiger charge is -2.19. The molecule has 264 valence electrons. The standard InChI is InChI=1S/C53H37N3/c1-36-28-29-40(54-48(37-16-4-2-5-17-37)30-31-49(54)38-18-6-3-7-19-38)35-47(36)39-32-41(55-50-24-12-8-20-43(50)44-21-9-13-25-51(44)55)34-42(33-39)56-52-26-14-10-22-45(52)46-23-11-15-27-53(46)56/h2-35H,1H3. The highest BCUT2D eigenvalue weighted by molar-refractivity contribution is 6.10. The van der Waals surface area contributed by atoms with Crippen LogP contribution in [0.4, 0.5) is 0 Å². The molecule has 0 radical (unpaired) electrons. The van der Waals surface area contributed by atoms with Crippen molar-refractivity contribution in [3.63, 3.8) is 0 Å². The molecular weight excluding hydrogens is 679 g/mol.